The number of hydrogen-bond acceptors (Lipinski definition) is 6. The highest BCUT2D eigenvalue weighted by Gasteiger charge is 2.31. The van der Waals surface area contributed by atoms with Gasteiger partial charge in [-0.25, -0.2) is 0 Å². The fourth-order valence-electron chi connectivity index (χ4n) is 2.19. The fourth-order valence-corrected chi connectivity index (χ4v) is 3.13. The highest BCUT2D eigenvalue weighted by molar-refractivity contribution is 8.00. The smallest absolute Gasteiger partial charge is 0.406 e. The fraction of sp³-hybridized carbons (Fsp3) is 0.176. The Hall–Kier alpha value is -2.79. The third kappa shape index (κ3) is 5.84. The van der Waals surface area contributed by atoms with Crippen LogP contribution in [0.15, 0.2) is 53.7 Å². The number of tetrazole rings is 1. The molecule has 1 heterocycles. The second kappa shape index (κ2) is 8.70. The molecule has 12 heteroatoms. The molecule has 1 atom stereocenters. The van der Waals surface area contributed by atoms with Gasteiger partial charge in [-0.1, -0.05) is 23.4 Å². The maximum absolute atomic E-state index is 12.4. The lowest BCUT2D eigenvalue weighted by molar-refractivity contribution is -0.274. The van der Waals surface area contributed by atoms with E-state index in [9.17, 15) is 18.0 Å². The maximum atomic E-state index is 12.4. The molecule has 0 radical (unpaired) electrons. The van der Waals surface area contributed by atoms with Crippen LogP contribution < -0.4 is 10.1 Å². The van der Waals surface area contributed by atoms with Crippen LogP contribution in [0.5, 0.6) is 5.75 Å². The van der Waals surface area contributed by atoms with Crippen molar-refractivity contribution in [3.8, 4) is 11.4 Å². The van der Waals surface area contributed by atoms with E-state index < -0.39 is 11.6 Å². The number of ether oxygens (including phenoxy) is 1. The number of thioether (sulfide) groups is 1. The van der Waals surface area contributed by atoms with Crippen molar-refractivity contribution in [2.75, 3.05) is 5.32 Å². The first-order valence-electron chi connectivity index (χ1n) is 8.09. The second-order valence-electron chi connectivity index (χ2n) is 5.67. The predicted octanol–water partition coefficient (Wildman–Crippen LogP) is 4.33. The summed E-state index contributed by atoms with van der Waals surface area (Å²) in [6, 6.07) is 11.7. The molecule has 1 aromatic heterocycles. The van der Waals surface area contributed by atoms with E-state index in [4.69, 9.17) is 11.6 Å². The van der Waals surface area contributed by atoms with Crippen LogP contribution in [-0.2, 0) is 4.79 Å². The lowest BCUT2D eigenvalue weighted by atomic mass is 10.3. The van der Waals surface area contributed by atoms with Crippen LogP contribution in [0.4, 0.5) is 18.9 Å². The van der Waals surface area contributed by atoms with Crippen molar-refractivity contribution in [3.05, 3.63) is 53.6 Å². The van der Waals surface area contributed by atoms with Crippen molar-refractivity contribution in [2.24, 2.45) is 0 Å². The van der Waals surface area contributed by atoms with Gasteiger partial charge in [-0.15, -0.1) is 18.3 Å². The third-order valence-electron chi connectivity index (χ3n) is 3.52. The molecule has 2 aromatic carbocycles. The van der Waals surface area contributed by atoms with Gasteiger partial charge in [0.05, 0.1) is 10.9 Å². The van der Waals surface area contributed by atoms with Crippen LogP contribution in [0, 0.1) is 0 Å². The third-order valence-corrected chi connectivity index (χ3v) is 4.80. The van der Waals surface area contributed by atoms with E-state index >= 15 is 0 Å². The number of carbonyl (C=O) groups excluding carboxylic acids is 1. The Bertz CT molecular complexity index is 980. The molecule has 1 amide bonds. The zero-order chi connectivity index (χ0) is 21.0. The van der Waals surface area contributed by atoms with E-state index in [1.807, 2.05) is 0 Å². The molecule has 1 N–H and O–H groups in total. The summed E-state index contributed by atoms with van der Waals surface area (Å²) >= 11 is 6.91. The van der Waals surface area contributed by atoms with Gasteiger partial charge in [0.15, 0.2) is 0 Å². The first-order chi connectivity index (χ1) is 13.7. The van der Waals surface area contributed by atoms with Crippen LogP contribution >= 0.6 is 23.4 Å². The number of nitrogens with zero attached hydrogens (tertiary/aromatic N) is 4. The largest absolute Gasteiger partial charge is 0.573 e. The molecular formula is C17H13ClF3N5O2S. The average Bonchev–Trinajstić information content (AvgIpc) is 3.11. The van der Waals surface area contributed by atoms with Gasteiger partial charge >= 0.3 is 6.36 Å². The van der Waals surface area contributed by atoms with Crippen molar-refractivity contribution in [1.29, 1.82) is 0 Å². The zero-order valence-corrected chi connectivity index (χ0v) is 16.3. The summed E-state index contributed by atoms with van der Waals surface area (Å²) in [5, 5.41) is 14.3. The molecular weight excluding hydrogens is 431 g/mol. The van der Waals surface area contributed by atoms with Gasteiger partial charge in [-0.2, -0.15) is 4.68 Å². The van der Waals surface area contributed by atoms with Crippen molar-refractivity contribution in [1.82, 2.24) is 20.2 Å². The summed E-state index contributed by atoms with van der Waals surface area (Å²) < 4.78 is 42.0. The van der Waals surface area contributed by atoms with Gasteiger partial charge in [0, 0.05) is 10.7 Å². The van der Waals surface area contributed by atoms with Gasteiger partial charge in [0.1, 0.15) is 5.75 Å². The monoisotopic (exact) mass is 443 g/mol. The molecule has 29 heavy (non-hydrogen) atoms. The SMILES string of the molecule is CC(Sc1nnnn1-c1ccc(OC(F)(F)F)cc1)C(=O)Nc1ccc(Cl)cc1. The topological polar surface area (TPSA) is 81.9 Å². The standard InChI is InChI=1S/C17H13ClF3N5O2S/c1-10(15(27)22-12-4-2-11(18)3-5-12)29-16-23-24-25-26(16)13-6-8-14(9-7-13)28-17(19,20)21/h2-10H,1H3,(H,22,27). The zero-order valence-electron chi connectivity index (χ0n) is 14.7. The molecule has 3 aromatic rings. The summed E-state index contributed by atoms with van der Waals surface area (Å²) in [6.45, 7) is 1.68. The normalized spacial score (nSPS) is 12.4. The van der Waals surface area contributed by atoms with Crippen molar-refractivity contribution in [2.45, 2.75) is 23.7 Å². The first-order valence-corrected chi connectivity index (χ1v) is 9.35. The van der Waals surface area contributed by atoms with Crippen molar-refractivity contribution < 1.29 is 22.7 Å². The van der Waals surface area contributed by atoms with E-state index in [1.165, 1.54) is 16.8 Å². The molecule has 0 saturated heterocycles. The minimum Gasteiger partial charge on any atom is -0.406 e. The molecule has 0 bridgehead atoms. The van der Waals surface area contributed by atoms with Gasteiger partial charge in [-0.3, -0.25) is 4.79 Å². The Labute approximate surface area is 172 Å². The Morgan fingerprint density at radius 3 is 2.45 bits per heavy atom. The molecule has 3 rings (SSSR count). The van der Waals surface area contributed by atoms with E-state index in [1.54, 1.807) is 31.2 Å². The first kappa shape index (κ1) is 20.9. The molecule has 1 unspecified atom stereocenters. The van der Waals surface area contributed by atoms with Crippen LogP contribution in [0.1, 0.15) is 6.92 Å². The number of hydrogen-bond donors (Lipinski definition) is 1. The Morgan fingerprint density at radius 2 is 1.83 bits per heavy atom. The minimum atomic E-state index is -4.77. The summed E-state index contributed by atoms with van der Waals surface area (Å²) in [7, 11) is 0. The quantitative estimate of drug-likeness (QED) is 0.571. The summed E-state index contributed by atoms with van der Waals surface area (Å²) in [4.78, 5) is 12.4. The number of alkyl halides is 3. The van der Waals surface area contributed by atoms with Crippen LogP contribution in [0.3, 0.4) is 0 Å². The molecule has 7 nitrogen and oxygen atoms in total. The molecule has 0 aliphatic rings. The van der Waals surface area contributed by atoms with Gasteiger partial charge < -0.3 is 10.1 Å². The number of anilines is 1. The number of carbonyl (C=O) groups is 1. The summed E-state index contributed by atoms with van der Waals surface area (Å²) in [5.74, 6) is -0.639. The predicted molar refractivity (Wildman–Crippen MR) is 101 cm³/mol. The molecule has 0 spiro atoms. The molecule has 0 saturated carbocycles. The Kier molecular flexibility index (Phi) is 6.28. The number of amides is 1. The van der Waals surface area contributed by atoms with Gasteiger partial charge in [0.2, 0.25) is 11.1 Å². The van der Waals surface area contributed by atoms with E-state index in [0.717, 1.165) is 23.9 Å². The molecule has 0 aliphatic carbocycles. The maximum Gasteiger partial charge on any atom is 0.573 e. The lowest BCUT2D eigenvalue weighted by Gasteiger charge is -2.12. The summed E-state index contributed by atoms with van der Waals surface area (Å²) in [5.41, 5.74) is 1.00. The molecule has 0 fully saturated rings. The highest BCUT2D eigenvalue weighted by Crippen LogP contribution is 2.27. The van der Waals surface area contributed by atoms with E-state index in [-0.39, 0.29) is 11.7 Å². The van der Waals surface area contributed by atoms with E-state index in [2.05, 4.69) is 25.6 Å². The second-order valence-corrected chi connectivity index (χ2v) is 7.42. The van der Waals surface area contributed by atoms with Crippen LogP contribution in [0.2, 0.25) is 5.02 Å². The number of benzene rings is 2. The van der Waals surface area contributed by atoms with E-state index in [0.29, 0.717) is 21.6 Å². The van der Waals surface area contributed by atoms with Crippen molar-refractivity contribution in [3.63, 3.8) is 0 Å². The number of rotatable bonds is 6. The van der Waals surface area contributed by atoms with Gasteiger partial charge in [-0.05, 0) is 65.9 Å². The van der Waals surface area contributed by atoms with Gasteiger partial charge in [0.25, 0.3) is 0 Å². The number of aromatic nitrogens is 4. The van der Waals surface area contributed by atoms with Crippen molar-refractivity contribution >= 4 is 35.0 Å². The summed E-state index contributed by atoms with van der Waals surface area (Å²) in [6.07, 6.45) is -4.77. The number of halogens is 4. The minimum absolute atomic E-state index is 0.277. The highest BCUT2D eigenvalue weighted by atomic mass is 35.5. The number of nitrogens with one attached hydrogen (secondary N) is 1. The molecule has 0 aliphatic heterocycles. The molecule has 152 valence electrons. The Balaban J connectivity index is 1.68. The average molecular weight is 444 g/mol. The lowest BCUT2D eigenvalue weighted by Crippen LogP contribution is -2.22. The Morgan fingerprint density at radius 1 is 1.17 bits per heavy atom. The van der Waals surface area contributed by atoms with Crippen LogP contribution in [-0.4, -0.2) is 37.7 Å². The van der Waals surface area contributed by atoms with Crippen LogP contribution in [0.25, 0.3) is 5.69 Å².